The van der Waals surface area contributed by atoms with Crippen LogP contribution in [0.2, 0.25) is 5.02 Å². The molecule has 0 fully saturated rings. The first-order valence-corrected chi connectivity index (χ1v) is 12.4. The molecule has 0 saturated heterocycles. The van der Waals surface area contributed by atoms with Crippen LogP contribution in [0.3, 0.4) is 0 Å². The van der Waals surface area contributed by atoms with E-state index >= 15 is 0 Å². The van der Waals surface area contributed by atoms with Crippen molar-refractivity contribution < 1.29 is 22.1 Å². The fourth-order valence-corrected chi connectivity index (χ4v) is 4.43. The summed E-state index contributed by atoms with van der Waals surface area (Å²) in [5, 5.41) is 12.3. The highest BCUT2D eigenvalue weighted by Gasteiger charge is 2.22. The van der Waals surface area contributed by atoms with E-state index < -0.39 is 16.0 Å². The second kappa shape index (κ2) is 11.1. The van der Waals surface area contributed by atoms with Crippen LogP contribution in [0.15, 0.2) is 71.1 Å². The molecule has 0 saturated carbocycles. The Hall–Kier alpha value is -3.80. The first kappa shape index (κ1) is 25.8. The van der Waals surface area contributed by atoms with Crippen LogP contribution >= 0.6 is 11.6 Å². The lowest BCUT2D eigenvalue weighted by Gasteiger charge is -2.14. The average molecular weight is 511 g/mol. The molecule has 9 heteroatoms. The minimum absolute atomic E-state index is 0.0441. The van der Waals surface area contributed by atoms with Crippen LogP contribution in [0.5, 0.6) is 11.5 Å². The average Bonchev–Trinajstić information content (AvgIpc) is 2.83. The number of benzene rings is 3. The molecule has 0 heterocycles. The van der Waals surface area contributed by atoms with Crippen molar-refractivity contribution in [2.45, 2.75) is 25.7 Å². The van der Waals surface area contributed by atoms with Crippen LogP contribution in [-0.2, 0) is 14.9 Å². The third kappa shape index (κ3) is 6.21. The van der Waals surface area contributed by atoms with Gasteiger partial charge in [-0.25, -0.2) is 0 Å². The number of ether oxygens (including phenoxy) is 1. The third-order valence-electron chi connectivity index (χ3n) is 5.09. The molecular formula is C26H23ClN2O5S. The molecule has 1 N–H and O–H groups in total. The summed E-state index contributed by atoms with van der Waals surface area (Å²) in [6.07, 6.45) is 1.34. The van der Waals surface area contributed by atoms with Gasteiger partial charge in [-0.15, -0.1) is 0 Å². The SMILES string of the molecule is CCOc1cc(/C=C(\C#N)C(=O)Nc2cccc(C)c2C)cc(Cl)c1OS(=O)(=O)c1ccccc1. The maximum atomic E-state index is 12.7. The third-order valence-corrected chi connectivity index (χ3v) is 6.60. The molecule has 0 bridgehead atoms. The van der Waals surface area contributed by atoms with Crippen molar-refractivity contribution in [1.82, 2.24) is 0 Å². The maximum absolute atomic E-state index is 12.7. The Morgan fingerprint density at radius 3 is 2.49 bits per heavy atom. The van der Waals surface area contributed by atoms with Crippen molar-refractivity contribution >= 4 is 39.4 Å². The van der Waals surface area contributed by atoms with Crippen molar-refractivity contribution in [3.8, 4) is 17.6 Å². The minimum atomic E-state index is -4.17. The van der Waals surface area contributed by atoms with E-state index in [1.807, 2.05) is 32.0 Å². The number of amides is 1. The van der Waals surface area contributed by atoms with Crippen molar-refractivity contribution in [2.24, 2.45) is 0 Å². The second-order valence-electron chi connectivity index (χ2n) is 7.48. The zero-order valence-electron chi connectivity index (χ0n) is 19.3. The monoisotopic (exact) mass is 510 g/mol. The first-order chi connectivity index (χ1) is 16.7. The van der Waals surface area contributed by atoms with Crippen molar-refractivity contribution in [2.75, 3.05) is 11.9 Å². The van der Waals surface area contributed by atoms with Gasteiger partial charge in [0.05, 0.1) is 11.6 Å². The molecule has 7 nitrogen and oxygen atoms in total. The molecule has 1 amide bonds. The maximum Gasteiger partial charge on any atom is 0.339 e. The number of halogens is 1. The van der Waals surface area contributed by atoms with Crippen molar-refractivity contribution in [1.29, 1.82) is 5.26 Å². The standard InChI is InChI=1S/C26H23ClN2O5S/c1-4-33-24-15-19(13-20(16-28)26(30)29-23-12-8-9-17(2)18(23)3)14-22(27)25(24)34-35(31,32)21-10-6-5-7-11-21/h5-15H,4H2,1-3H3,(H,29,30)/b20-13+. The highest BCUT2D eigenvalue weighted by Crippen LogP contribution is 2.39. The zero-order chi connectivity index (χ0) is 25.6. The Labute approximate surface area is 209 Å². The van der Waals surface area contributed by atoms with Crippen LogP contribution in [0.1, 0.15) is 23.6 Å². The summed E-state index contributed by atoms with van der Waals surface area (Å²) in [6.45, 7) is 5.70. The molecule has 35 heavy (non-hydrogen) atoms. The Kier molecular flexibility index (Phi) is 8.18. The predicted octanol–water partition coefficient (Wildman–Crippen LogP) is 5.67. The summed E-state index contributed by atoms with van der Waals surface area (Å²) in [4.78, 5) is 12.7. The highest BCUT2D eigenvalue weighted by molar-refractivity contribution is 7.87. The minimum Gasteiger partial charge on any atom is -0.490 e. The molecule has 3 rings (SSSR count). The molecule has 180 valence electrons. The second-order valence-corrected chi connectivity index (χ2v) is 9.44. The quantitative estimate of drug-likeness (QED) is 0.238. The van der Waals surface area contributed by atoms with Crippen LogP contribution in [0.25, 0.3) is 6.08 Å². The van der Waals surface area contributed by atoms with Crippen molar-refractivity contribution in [3.05, 3.63) is 87.9 Å². The predicted molar refractivity (Wildman–Crippen MR) is 135 cm³/mol. The summed E-state index contributed by atoms with van der Waals surface area (Å²) in [5.41, 5.74) is 2.67. The first-order valence-electron chi connectivity index (χ1n) is 10.6. The van der Waals surface area contributed by atoms with Gasteiger partial charge in [0.15, 0.2) is 5.75 Å². The van der Waals surface area contributed by atoms with Crippen LogP contribution in [0.4, 0.5) is 5.69 Å². The lowest BCUT2D eigenvalue weighted by atomic mass is 10.1. The number of nitrogens with zero attached hydrogens (tertiary/aromatic N) is 1. The highest BCUT2D eigenvalue weighted by atomic mass is 35.5. The van der Waals surface area contributed by atoms with E-state index in [4.69, 9.17) is 20.5 Å². The van der Waals surface area contributed by atoms with E-state index in [2.05, 4.69) is 5.32 Å². The number of nitrogens with one attached hydrogen (secondary N) is 1. The van der Waals surface area contributed by atoms with E-state index in [1.165, 1.54) is 30.3 Å². The van der Waals surface area contributed by atoms with Gasteiger partial charge >= 0.3 is 10.1 Å². The van der Waals surface area contributed by atoms with Gasteiger partial charge < -0.3 is 14.2 Å². The normalized spacial score (nSPS) is 11.5. The molecular weight excluding hydrogens is 488 g/mol. The Balaban J connectivity index is 1.95. The van der Waals surface area contributed by atoms with E-state index in [-0.39, 0.29) is 33.6 Å². The molecule has 0 unspecified atom stereocenters. The van der Waals surface area contributed by atoms with E-state index in [1.54, 1.807) is 31.2 Å². The lowest BCUT2D eigenvalue weighted by Crippen LogP contribution is -2.14. The molecule has 0 aliphatic rings. The number of carbonyl (C=O) groups is 1. The Morgan fingerprint density at radius 2 is 1.83 bits per heavy atom. The fourth-order valence-electron chi connectivity index (χ4n) is 3.15. The van der Waals surface area contributed by atoms with Crippen LogP contribution in [0, 0.1) is 25.2 Å². The van der Waals surface area contributed by atoms with Crippen LogP contribution in [-0.4, -0.2) is 20.9 Å². The lowest BCUT2D eigenvalue weighted by molar-refractivity contribution is -0.112. The number of carbonyl (C=O) groups excluding carboxylic acids is 1. The summed E-state index contributed by atoms with van der Waals surface area (Å²) < 4.78 is 36.2. The number of hydrogen-bond acceptors (Lipinski definition) is 6. The summed E-state index contributed by atoms with van der Waals surface area (Å²) in [7, 11) is -4.17. The fraction of sp³-hybridized carbons (Fsp3) is 0.154. The smallest absolute Gasteiger partial charge is 0.339 e. The van der Waals surface area contributed by atoms with Gasteiger partial charge in [-0.05, 0) is 73.9 Å². The number of hydrogen-bond donors (Lipinski definition) is 1. The number of aryl methyl sites for hydroxylation is 1. The Morgan fingerprint density at radius 1 is 1.11 bits per heavy atom. The van der Waals surface area contributed by atoms with Gasteiger partial charge in [-0.1, -0.05) is 41.9 Å². The molecule has 0 aliphatic heterocycles. The molecule has 0 atom stereocenters. The van der Waals surface area contributed by atoms with Gasteiger partial charge in [0.2, 0.25) is 5.75 Å². The molecule has 0 spiro atoms. The number of nitriles is 1. The van der Waals surface area contributed by atoms with E-state index in [0.717, 1.165) is 11.1 Å². The Bertz CT molecular complexity index is 1430. The topological polar surface area (TPSA) is 105 Å². The molecule has 3 aromatic rings. The van der Waals surface area contributed by atoms with E-state index in [9.17, 15) is 18.5 Å². The molecule has 0 aromatic heterocycles. The largest absolute Gasteiger partial charge is 0.490 e. The summed E-state index contributed by atoms with van der Waals surface area (Å²) >= 11 is 6.36. The van der Waals surface area contributed by atoms with Crippen LogP contribution < -0.4 is 14.2 Å². The van der Waals surface area contributed by atoms with Gasteiger partial charge in [0.25, 0.3) is 5.91 Å². The van der Waals surface area contributed by atoms with E-state index in [0.29, 0.717) is 11.3 Å². The van der Waals surface area contributed by atoms with Gasteiger partial charge in [-0.2, -0.15) is 13.7 Å². The molecule has 0 aliphatic carbocycles. The van der Waals surface area contributed by atoms with Crippen molar-refractivity contribution in [3.63, 3.8) is 0 Å². The molecule has 3 aromatic carbocycles. The number of rotatable bonds is 8. The van der Waals surface area contributed by atoms with Gasteiger partial charge in [0.1, 0.15) is 16.5 Å². The summed E-state index contributed by atoms with van der Waals surface area (Å²) in [6, 6.07) is 17.8. The van der Waals surface area contributed by atoms with Gasteiger partial charge in [0, 0.05) is 5.69 Å². The zero-order valence-corrected chi connectivity index (χ0v) is 20.9. The van der Waals surface area contributed by atoms with Gasteiger partial charge in [-0.3, -0.25) is 4.79 Å². The molecule has 0 radical (unpaired) electrons. The summed E-state index contributed by atoms with van der Waals surface area (Å²) in [5.74, 6) is -0.729. The number of anilines is 1.